The Morgan fingerprint density at radius 3 is 2.53 bits per heavy atom. The van der Waals surface area contributed by atoms with Crippen molar-refractivity contribution >= 4 is 23.3 Å². The molecule has 0 amide bonds. The summed E-state index contributed by atoms with van der Waals surface area (Å²) in [5, 5.41) is 24.5. The Labute approximate surface area is 174 Å². The first-order valence-corrected chi connectivity index (χ1v) is 10.3. The number of nitrogens with zero attached hydrogens (tertiary/aromatic N) is 6. The number of rotatable bonds is 5. The topological polar surface area (TPSA) is 116 Å². The highest BCUT2D eigenvalue weighted by Gasteiger charge is 2.31. The molecule has 10 heteroatoms. The van der Waals surface area contributed by atoms with Crippen molar-refractivity contribution < 1.29 is 19.4 Å². The molecule has 4 rings (SSSR count). The predicted octanol–water partition coefficient (Wildman–Crippen LogP) is 1.45. The SMILES string of the molecule is CCN(c1c(C)c(C(=O)O)nc2c(C#N)c(N3CCOCC3)nn12)C1CCOCC1. The van der Waals surface area contributed by atoms with Crippen LogP contribution in [0, 0.1) is 18.3 Å². The van der Waals surface area contributed by atoms with E-state index >= 15 is 0 Å². The average molecular weight is 414 g/mol. The Morgan fingerprint density at radius 1 is 1.27 bits per heavy atom. The molecule has 10 nitrogen and oxygen atoms in total. The molecule has 2 aliphatic rings. The zero-order valence-corrected chi connectivity index (χ0v) is 17.3. The quantitative estimate of drug-likeness (QED) is 0.776. The number of carbonyl (C=O) groups is 1. The van der Waals surface area contributed by atoms with Gasteiger partial charge in [0.05, 0.1) is 13.2 Å². The van der Waals surface area contributed by atoms with Gasteiger partial charge < -0.3 is 24.4 Å². The van der Waals surface area contributed by atoms with E-state index in [9.17, 15) is 15.2 Å². The number of carboxylic acid groups (broad SMARTS) is 1. The fourth-order valence-electron chi connectivity index (χ4n) is 4.32. The van der Waals surface area contributed by atoms with Gasteiger partial charge in [-0.2, -0.15) is 9.78 Å². The Hall–Kier alpha value is -2.90. The van der Waals surface area contributed by atoms with E-state index in [-0.39, 0.29) is 17.4 Å². The van der Waals surface area contributed by atoms with Crippen molar-refractivity contribution in [2.45, 2.75) is 32.7 Å². The Kier molecular flexibility index (Phi) is 5.74. The molecule has 2 saturated heterocycles. The lowest BCUT2D eigenvalue weighted by Crippen LogP contribution is -2.41. The zero-order chi connectivity index (χ0) is 21.3. The lowest BCUT2D eigenvalue weighted by Gasteiger charge is -2.36. The van der Waals surface area contributed by atoms with Crippen LogP contribution in [0.2, 0.25) is 0 Å². The van der Waals surface area contributed by atoms with E-state index in [1.807, 2.05) is 11.8 Å². The number of aromatic carboxylic acids is 1. The lowest BCUT2D eigenvalue weighted by atomic mass is 10.1. The third kappa shape index (κ3) is 3.44. The van der Waals surface area contributed by atoms with Crippen LogP contribution in [-0.4, -0.2) is 77.8 Å². The van der Waals surface area contributed by atoms with Crippen LogP contribution < -0.4 is 9.80 Å². The van der Waals surface area contributed by atoms with Crippen molar-refractivity contribution in [2.75, 3.05) is 55.9 Å². The molecule has 0 radical (unpaired) electrons. The second kappa shape index (κ2) is 8.45. The van der Waals surface area contributed by atoms with Gasteiger partial charge in [0.1, 0.15) is 17.5 Å². The molecule has 2 aromatic heterocycles. The zero-order valence-electron chi connectivity index (χ0n) is 17.3. The van der Waals surface area contributed by atoms with Crippen LogP contribution in [0.25, 0.3) is 5.65 Å². The van der Waals surface area contributed by atoms with Crippen molar-refractivity contribution in [3.63, 3.8) is 0 Å². The summed E-state index contributed by atoms with van der Waals surface area (Å²) in [6.07, 6.45) is 1.70. The van der Waals surface area contributed by atoms with Gasteiger partial charge in [-0.1, -0.05) is 0 Å². The van der Waals surface area contributed by atoms with Gasteiger partial charge >= 0.3 is 5.97 Å². The van der Waals surface area contributed by atoms with Crippen molar-refractivity contribution in [3.05, 3.63) is 16.8 Å². The summed E-state index contributed by atoms with van der Waals surface area (Å²) >= 11 is 0. The summed E-state index contributed by atoms with van der Waals surface area (Å²) in [6.45, 7) is 8.17. The second-order valence-electron chi connectivity index (χ2n) is 7.49. The highest BCUT2D eigenvalue weighted by molar-refractivity contribution is 5.90. The highest BCUT2D eigenvalue weighted by Crippen LogP contribution is 2.32. The van der Waals surface area contributed by atoms with E-state index in [1.54, 1.807) is 11.4 Å². The summed E-state index contributed by atoms with van der Waals surface area (Å²) in [5.41, 5.74) is 1.07. The maximum absolute atomic E-state index is 12.0. The van der Waals surface area contributed by atoms with Gasteiger partial charge in [-0.15, -0.1) is 5.10 Å². The Balaban J connectivity index is 1.94. The van der Waals surface area contributed by atoms with Gasteiger partial charge in [0.2, 0.25) is 0 Å². The smallest absolute Gasteiger partial charge is 0.354 e. The van der Waals surface area contributed by atoms with Crippen LogP contribution in [0.5, 0.6) is 0 Å². The van der Waals surface area contributed by atoms with E-state index in [4.69, 9.17) is 14.6 Å². The lowest BCUT2D eigenvalue weighted by molar-refractivity contribution is 0.0689. The van der Waals surface area contributed by atoms with E-state index in [2.05, 4.69) is 16.0 Å². The van der Waals surface area contributed by atoms with Gasteiger partial charge in [-0.3, -0.25) is 0 Å². The molecule has 1 N–H and O–H groups in total. The first kappa shape index (κ1) is 20.4. The third-order valence-electron chi connectivity index (χ3n) is 5.82. The number of carboxylic acids is 1. The normalized spacial score (nSPS) is 17.8. The van der Waals surface area contributed by atoms with Crippen molar-refractivity contribution in [3.8, 4) is 6.07 Å². The van der Waals surface area contributed by atoms with Crippen LogP contribution >= 0.6 is 0 Å². The largest absolute Gasteiger partial charge is 0.476 e. The third-order valence-corrected chi connectivity index (χ3v) is 5.82. The molecule has 0 saturated carbocycles. The van der Waals surface area contributed by atoms with Crippen molar-refractivity contribution in [1.82, 2.24) is 14.6 Å². The first-order chi connectivity index (χ1) is 14.6. The fourth-order valence-corrected chi connectivity index (χ4v) is 4.32. The van der Waals surface area contributed by atoms with E-state index in [0.717, 1.165) is 12.8 Å². The fraction of sp³-hybridized carbons (Fsp3) is 0.600. The number of nitriles is 1. The molecule has 0 aliphatic carbocycles. The minimum absolute atomic E-state index is 0.0482. The number of aromatic nitrogens is 3. The summed E-state index contributed by atoms with van der Waals surface area (Å²) < 4.78 is 12.6. The molecule has 2 aromatic rings. The van der Waals surface area contributed by atoms with Crippen LogP contribution in [-0.2, 0) is 9.47 Å². The molecular weight excluding hydrogens is 388 g/mol. The van der Waals surface area contributed by atoms with Gasteiger partial charge in [0.15, 0.2) is 17.2 Å². The van der Waals surface area contributed by atoms with Crippen molar-refractivity contribution in [2.24, 2.45) is 0 Å². The molecule has 0 aromatic carbocycles. The number of anilines is 2. The summed E-state index contributed by atoms with van der Waals surface area (Å²) in [6, 6.07) is 2.41. The van der Waals surface area contributed by atoms with Gasteiger partial charge in [-0.05, 0) is 26.7 Å². The van der Waals surface area contributed by atoms with Crippen LogP contribution in [0.15, 0.2) is 0 Å². The molecule has 30 heavy (non-hydrogen) atoms. The number of hydrogen-bond acceptors (Lipinski definition) is 8. The minimum atomic E-state index is -1.11. The minimum Gasteiger partial charge on any atom is -0.476 e. The molecule has 0 bridgehead atoms. The first-order valence-electron chi connectivity index (χ1n) is 10.3. The summed E-state index contributed by atoms with van der Waals surface area (Å²) in [5.74, 6) is 0.0969. The van der Waals surface area contributed by atoms with Crippen LogP contribution in [0.3, 0.4) is 0 Å². The van der Waals surface area contributed by atoms with Gasteiger partial charge in [0.25, 0.3) is 0 Å². The molecule has 160 valence electrons. The predicted molar refractivity (Wildman–Crippen MR) is 109 cm³/mol. The molecule has 2 aliphatic heterocycles. The second-order valence-corrected chi connectivity index (χ2v) is 7.49. The summed E-state index contributed by atoms with van der Waals surface area (Å²) in [7, 11) is 0. The van der Waals surface area contributed by atoms with Crippen LogP contribution in [0.1, 0.15) is 41.4 Å². The number of hydrogen-bond donors (Lipinski definition) is 1. The van der Waals surface area contributed by atoms with E-state index in [1.165, 1.54) is 0 Å². The average Bonchev–Trinajstić information content (AvgIpc) is 3.14. The van der Waals surface area contributed by atoms with Crippen molar-refractivity contribution in [1.29, 1.82) is 5.26 Å². The number of ether oxygens (including phenoxy) is 2. The van der Waals surface area contributed by atoms with Gasteiger partial charge in [-0.25, -0.2) is 9.78 Å². The maximum atomic E-state index is 12.0. The maximum Gasteiger partial charge on any atom is 0.354 e. The molecule has 0 unspecified atom stereocenters. The summed E-state index contributed by atoms with van der Waals surface area (Å²) in [4.78, 5) is 20.5. The highest BCUT2D eigenvalue weighted by atomic mass is 16.5. The Bertz CT molecular complexity index is 986. The Morgan fingerprint density at radius 2 is 1.93 bits per heavy atom. The number of fused-ring (bicyclic) bond motifs is 1. The molecule has 2 fully saturated rings. The molecular formula is C20H26N6O4. The van der Waals surface area contributed by atoms with Crippen LogP contribution in [0.4, 0.5) is 11.6 Å². The standard InChI is InChI=1S/C20H26N6O4/c1-3-25(14-4-8-29-9-5-14)19-13(2)16(20(27)28)22-17-15(12-21)18(23-26(17)19)24-6-10-30-11-7-24/h14H,3-11H2,1-2H3,(H,27,28). The monoisotopic (exact) mass is 414 g/mol. The van der Waals surface area contributed by atoms with E-state index < -0.39 is 5.97 Å². The molecule has 0 atom stereocenters. The van der Waals surface area contributed by atoms with Gasteiger partial charge in [0, 0.05) is 44.5 Å². The number of morpholine rings is 1. The van der Waals surface area contributed by atoms with E-state index in [0.29, 0.717) is 68.8 Å². The molecule has 4 heterocycles. The molecule has 0 spiro atoms.